The first-order valence-electron chi connectivity index (χ1n) is 5.35. The normalized spacial score (nSPS) is 21.4. The Balaban J connectivity index is 2.42. The fraction of sp³-hybridized carbons (Fsp3) is 0.700. The number of primary amides is 1. The summed E-state index contributed by atoms with van der Waals surface area (Å²) in [5.41, 5.74) is 4.71. The van der Waals surface area contributed by atoms with Gasteiger partial charge in [0.25, 0.3) is 5.92 Å². The van der Waals surface area contributed by atoms with Crippen LogP contribution in [0.3, 0.4) is 0 Å². The molecule has 1 rings (SSSR count). The molecule has 100 valence electrons. The number of hydrogen-bond donors (Lipinski definition) is 1. The SMILES string of the molecule is N#C[C@@H]1CC(F)(F)CN1C(=O)CCCOC(N)=O. The first-order chi connectivity index (χ1) is 8.35. The van der Waals surface area contributed by atoms with Crippen molar-refractivity contribution in [3.8, 4) is 6.07 Å². The van der Waals surface area contributed by atoms with Crippen molar-refractivity contribution in [2.75, 3.05) is 13.2 Å². The number of likely N-dealkylation sites (tertiary alicyclic amines) is 1. The Morgan fingerprint density at radius 2 is 2.22 bits per heavy atom. The molecule has 0 unspecified atom stereocenters. The van der Waals surface area contributed by atoms with Gasteiger partial charge in [-0.15, -0.1) is 0 Å². The Kier molecular flexibility index (Phi) is 4.42. The molecule has 2 N–H and O–H groups in total. The predicted octanol–water partition coefficient (Wildman–Crippen LogP) is 0.622. The summed E-state index contributed by atoms with van der Waals surface area (Å²) >= 11 is 0. The molecule has 8 heteroatoms. The summed E-state index contributed by atoms with van der Waals surface area (Å²) < 4.78 is 30.5. The van der Waals surface area contributed by atoms with Gasteiger partial charge in [-0.3, -0.25) is 4.79 Å². The van der Waals surface area contributed by atoms with Crippen molar-refractivity contribution in [1.82, 2.24) is 4.90 Å². The fourth-order valence-electron chi connectivity index (χ4n) is 1.73. The number of nitrogens with zero attached hydrogens (tertiary/aromatic N) is 2. The maximum Gasteiger partial charge on any atom is 0.404 e. The van der Waals surface area contributed by atoms with Gasteiger partial charge < -0.3 is 15.4 Å². The third-order valence-corrected chi connectivity index (χ3v) is 2.52. The van der Waals surface area contributed by atoms with E-state index in [1.807, 2.05) is 0 Å². The van der Waals surface area contributed by atoms with Crippen LogP contribution in [0.1, 0.15) is 19.3 Å². The molecule has 1 saturated heterocycles. The zero-order valence-electron chi connectivity index (χ0n) is 9.57. The molecule has 2 amide bonds. The lowest BCUT2D eigenvalue weighted by Gasteiger charge is -2.18. The Morgan fingerprint density at radius 1 is 1.56 bits per heavy atom. The Morgan fingerprint density at radius 3 is 2.78 bits per heavy atom. The van der Waals surface area contributed by atoms with Gasteiger partial charge in [-0.1, -0.05) is 0 Å². The third-order valence-electron chi connectivity index (χ3n) is 2.52. The van der Waals surface area contributed by atoms with E-state index in [0.717, 1.165) is 4.90 Å². The lowest BCUT2D eigenvalue weighted by molar-refractivity contribution is -0.132. The maximum atomic E-state index is 13.1. The van der Waals surface area contributed by atoms with E-state index >= 15 is 0 Å². The molecule has 18 heavy (non-hydrogen) atoms. The number of nitriles is 1. The monoisotopic (exact) mass is 261 g/mol. The molecule has 6 nitrogen and oxygen atoms in total. The highest BCUT2D eigenvalue weighted by Gasteiger charge is 2.46. The van der Waals surface area contributed by atoms with E-state index in [0.29, 0.717) is 0 Å². The number of halogens is 2. The smallest absolute Gasteiger partial charge is 0.404 e. The van der Waals surface area contributed by atoms with Crippen molar-refractivity contribution >= 4 is 12.0 Å². The van der Waals surface area contributed by atoms with E-state index in [-0.39, 0.29) is 19.4 Å². The van der Waals surface area contributed by atoms with Crippen molar-refractivity contribution in [2.45, 2.75) is 31.2 Å². The molecule has 1 heterocycles. The zero-order chi connectivity index (χ0) is 13.8. The van der Waals surface area contributed by atoms with Gasteiger partial charge in [0.15, 0.2) is 0 Å². The number of carbonyl (C=O) groups excluding carboxylic acids is 2. The minimum Gasteiger partial charge on any atom is -0.450 e. The van der Waals surface area contributed by atoms with Crippen molar-refractivity contribution in [3.63, 3.8) is 0 Å². The van der Waals surface area contributed by atoms with Crippen LogP contribution in [0.25, 0.3) is 0 Å². The number of amides is 2. The summed E-state index contributed by atoms with van der Waals surface area (Å²) in [5, 5.41) is 8.70. The number of rotatable bonds is 4. The molecule has 0 saturated carbocycles. The van der Waals surface area contributed by atoms with Crippen LogP contribution in [-0.2, 0) is 9.53 Å². The first-order valence-corrected chi connectivity index (χ1v) is 5.35. The van der Waals surface area contributed by atoms with E-state index in [9.17, 15) is 18.4 Å². The van der Waals surface area contributed by atoms with Gasteiger partial charge in [0.2, 0.25) is 5.91 Å². The van der Waals surface area contributed by atoms with Gasteiger partial charge in [-0.2, -0.15) is 5.26 Å². The van der Waals surface area contributed by atoms with Gasteiger partial charge >= 0.3 is 6.09 Å². The molecule has 0 aromatic rings. The van der Waals surface area contributed by atoms with E-state index < -0.39 is 36.9 Å². The van der Waals surface area contributed by atoms with Crippen LogP contribution in [0.4, 0.5) is 13.6 Å². The lowest BCUT2D eigenvalue weighted by atomic mass is 10.2. The summed E-state index contributed by atoms with van der Waals surface area (Å²) in [6.07, 6.45) is -1.47. The molecule has 0 radical (unpaired) electrons. The second-order valence-corrected chi connectivity index (χ2v) is 4.00. The molecule has 0 aromatic carbocycles. The largest absolute Gasteiger partial charge is 0.450 e. The van der Waals surface area contributed by atoms with Crippen LogP contribution in [0, 0.1) is 11.3 Å². The van der Waals surface area contributed by atoms with Gasteiger partial charge in [-0.05, 0) is 6.42 Å². The van der Waals surface area contributed by atoms with Gasteiger partial charge in [0, 0.05) is 12.8 Å². The van der Waals surface area contributed by atoms with Crippen LogP contribution in [0.2, 0.25) is 0 Å². The third kappa shape index (κ3) is 3.84. The van der Waals surface area contributed by atoms with Crippen molar-refractivity contribution < 1.29 is 23.1 Å². The molecular formula is C10H13F2N3O3. The fourth-order valence-corrected chi connectivity index (χ4v) is 1.73. The molecule has 0 aromatic heterocycles. The Bertz CT molecular complexity index is 381. The number of hydrogen-bond acceptors (Lipinski definition) is 4. The number of ether oxygens (including phenoxy) is 1. The van der Waals surface area contributed by atoms with Gasteiger partial charge in [0.1, 0.15) is 6.04 Å². The molecule has 1 aliphatic rings. The summed E-state index contributed by atoms with van der Waals surface area (Å²) in [7, 11) is 0. The molecule has 1 atom stereocenters. The average Bonchev–Trinajstić information content (AvgIpc) is 2.59. The second-order valence-electron chi connectivity index (χ2n) is 4.00. The maximum absolute atomic E-state index is 13.1. The zero-order valence-corrected chi connectivity index (χ0v) is 9.57. The molecule has 0 aliphatic carbocycles. The summed E-state index contributed by atoms with van der Waals surface area (Å²) in [6.45, 7) is -0.788. The van der Waals surface area contributed by atoms with E-state index in [1.54, 1.807) is 6.07 Å². The quantitative estimate of drug-likeness (QED) is 0.750. The van der Waals surface area contributed by atoms with Crippen molar-refractivity contribution in [3.05, 3.63) is 0 Å². The standard InChI is InChI=1S/C10H13F2N3O3/c11-10(12)4-7(5-13)15(6-10)8(16)2-1-3-18-9(14)17/h7H,1-4,6H2,(H2,14,17)/t7-/m0/s1. The number of carbonyl (C=O) groups is 2. The van der Waals surface area contributed by atoms with E-state index in [1.165, 1.54) is 0 Å². The van der Waals surface area contributed by atoms with Crippen LogP contribution in [-0.4, -0.2) is 42.0 Å². The average molecular weight is 261 g/mol. The summed E-state index contributed by atoms with van der Waals surface area (Å²) in [4.78, 5) is 22.7. The lowest BCUT2D eigenvalue weighted by Crippen LogP contribution is -2.35. The molecular weight excluding hydrogens is 248 g/mol. The van der Waals surface area contributed by atoms with E-state index in [4.69, 9.17) is 11.0 Å². The van der Waals surface area contributed by atoms with Crippen LogP contribution in [0.5, 0.6) is 0 Å². The Hall–Kier alpha value is -1.91. The second kappa shape index (κ2) is 5.62. The number of nitrogens with two attached hydrogens (primary N) is 1. The highest BCUT2D eigenvalue weighted by atomic mass is 19.3. The highest BCUT2D eigenvalue weighted by molar-refractivity contribution is 5.77. The van der Waals surface area contributed by atoms with Crippen LogP contribution >= 0.6 is 0 Å². The Labute approximate surface area is 102 Å². The predicted molar refractivity (Wildman–Crippen MR) is 55.4 cm³/mol. The molecule has 1 fully saturated rings. The topological polar surface area (TPSA) is 96.4 Å². The summed E-state index contributed by atoms with van der Waals surface area (Å²) in [5.74, 6) is -3.56. The first kappa shape index (κ1) is 14.2. The van der Waals surface area contributed by atoms with Crippen molar-refractivity contribution in [1.29, 1.82) is 5.26 Å². The minimum absolute atomic E-state index is 0.0530. The van der Waals surface area contributed by atoms with Gasteiger partial charge in [0.05, 0.1) is 19.2 Å². The molecule has 0 spiro atoms. The van der Waals surface area contributed by atoms with Gasteiger partial charge in [-0.25, -0.2) is 13.6 Å². The summed E-state index contributed by atoms with van der Waals surface area (Å²) in [6, 6.07) is 0.586. The number of alkyl halides is 2. The van der Waals surface area contributed by atoms with Crippen LogP contribution in [0.15, 0.2) is 0 Å². The van der Waals surface area contributed by atoms with Crippen LogP contribution < -0.4 is 5.73 Å². The molecule has 1 aliphatic heterocycles. The molecule has 0 bridgehead atoms. The van der Waals surface area contributed by atoms with Crippen molar-refractivity contribution in [2.24, 2.45) is 5.73 Å². The highest BCUT2D eigenvalue weighted by Crippen LogP contribution is 2.32. The van der Waals surface area contributed by atoms with E-state index in [2.05, 4.69) is 4.74 Å². The minimum atomic E-state index is -3.01.